The lowest BCUT2D eigenvalue weighted by Crippen LogP contribution is -2.09. The van der Waals surface area contributed by atoms with Gasteiger partial charge >= 0.3 is 6.18 Å². The van der Waals surface area contributed by atoms with Gasteiger partial charge in [-0.25, -0.2) is 4.39 Å². The van der Waals surface area contributed by atoms with E-state index < -0.39 is 23.7 Å². The highest BCUT2D eigenvalue weighted by molar-refractivity contribution is 5.28. The summed E-state index contributed by atoms with van der Waals surface area (Å²) in [4.78, 5) is 0. The highest BCUT2D eigenvalue weighted by Gasteiger charge is 2.32. The molecule has 1 aromatic carbocycles. The van der Waals surface area contributed by atoms with Crippen LogP contribution in [0.2, 0.25) is 0 Å². The monoisotopic (exact) mass is 278 g/mol. The fourth-order valence-electron chi connectivity index (χ4n) is 2.10. The van der Waals surface area contributed by atoms with Crippen LogP contribution < -0.4 is 0 Å². The third-order valence-electron chi connectivity index (χ3n) is 3.04. The van der Waals surface area contributed by atoms with Gasteiger partial charge < -0.3 is 5.11 Å². The lowest BCUT2D eigenvalue weighted by molar-refractivity contribution is -0.137. The molecule has 0 aromatic heterocycles. The summed E-state index contributed by atoms with van der Waals surface area (Å²) in [5.41, 5.74) is -1.08. The summed E-state index contributed by atoms with van der Waals surface area (Å²) in [6.07, 6.45) is -3.54. The summed E-state index contributed by atoms with van der Waals surface area (Å²) in [5, 5.41) is 9.90. The van der Waals surface area contributed by atoms with E-state index >= 15 is 0 Å². The summed E-state index contributed by atoms with van der Waals surface area (Å²) < 4.78 is 50.8. The molecule has 0 saturated carbocycles. The van der Waals surface area contributed by atoms with Crippen molar-refractivity contribution < 1.29 is 22.7 Å². The third-order valence-corrected chi connectivity index (χ3v) is 3.04. The first-order chi connectivity index (χ1) is 8.74. The summed E-state index contributed by atoms with van der Waals surface area (Å²) in [7, 11) is 0. The maximum absolute atomic E-state index is 13.2. The maximum atomic E-state index is 13.2. The highest BCUT2D eigenvalue weighted by Crippen LogP contribution is 2.33. The molecule has 0 aliphatic heterocycles. The van der Waals surface area contributed by atoms with Gasteiger partial charge in [0.25, 0.3) is 0 Å². The molecule has 1 aromatic rings. The van der Waals surface area contributed by atoms with Gasteiger partial charge in [-0.05, 0) is 36.1 Å². The van der Waals surface area contributed by atoms with Crippen molar-refractivity contribution in [2.24, 2.45) is 5.92 Å². The van der Waals surface area contributed by atoms with Crippen molar-refractivity contribution >= 4 is 0 Å². The molecule has 1 N–H and O–H groups in total. The summed E-state index contributed by atoms with van der Waals surface area (Å²) >= 11 is 0. The molecule has 1 rings (SSSR count). The normalized spacial score (nSPS) is 15.3. The molecule has 0 heterocycles. The first-order valence-corrected chi connectivity index (χ1v) is 6.29. The Morgan fingerprint density at radius 2 is 1.84 bits per heavy atom. The molecular formula is C14H18F4O. The average molecular weight is 278 g/mol. The third kappa shape index (κ3) is 4.82. The first-order valence-electron chi connectivity index (χ1n) is 6.29. The summed E-state index contributed by atoms with van der Waals surface area (Å²) in [6, 6.07) is 2.21. The molecule has 0 radical (unpaired) electrons. The molecule has 19 heavy (non-hydrogen) atoms. The molecule has 5 heteroatoms. The van der Waals surface area contributed by atoms with Crippen LogP contribution in [-0.2, 0) is 6.18 Å². The Morgan fingerprint density at radius 1 is 1.21 bits per heavy atom. The zero-order chi connectivity index (χ0) is 14.6. The van der Waals surface area contributed by atoms with Gasteiger partial charge in [0.2, 0.25) is 0 Å². The molecule has 0 bridgehead atoms. The lowest BCUT2D eigenvalue weighted by atomic mass is 9.94. The quantitative estimate of drug-likeness (QED) is 0.774. The van der Waals surface area contributed by atoms with E-state index in [-0.39, 0.29) is 11.5 Å². The molecule has 108 valence electrons. The molecule has 2 unspecified atom stereocenters. The minimum absolute atomic E-state index is 0.0183. The van der Waals surface area contributed by atoms with E-state index in [4.69, 9.17) is 0 Å². The van der Waals surface area contributed by atoms with Gasteiger partial charge in [0.1, 0.15) is 5.82 Å². The number of hydrogen-bond acceptors (Lipinski definition) is 1. The predicted octanol–water partition coefficient (Wildman–Crippen LogP) is 4.70. The Bertz CT molecular complexity index is 414. The van der Waals surface area contributed by atoms with E-state index in [1.807, 2.05) is 13.8 Å². The Morgan fingerprint density at radius 3 is 2.37 bits per heavy atom. The zero-order valence-electron chi connectivity index (χ0n) is 11.0. The van der Waals surface area contributed by atoms with Gasteiger partial charge in [-0.2, -0.15) is 13.2 Å². The van der Waals surface area contributed by atoms with Gasteiger partial charge in [-0.3, -0.25) is 0 Å². The van der Waals surface area contributed by atoms with Gasteiger partial charge in [-0.15, -0.1) is 0 Å². The molecule has 0 aliphatic carbocycles. The second-order valence-corrected chi connectivity index (χ2v) is 4.92. The maximum Gasteiger partial charge on any atom is 0.416 e. The number of aliphatic hydroxyl groups is 1. The summed E-state index contributed by atoms with van der Waals surface area (Å²) in [5.74, 6) is -0.801. The standard InChI is InChI=1S/C14H18F4O/c1-3-4-9(2)5-13(19)10-6-11(14(16,17)18)8-12(15)7-10/h6-9,13,19H,3-5H2,1-2H3. The van der Waals surface area contributed by atoms with E-state index in [9.17, 15) is 22.7 Å². The van der Waals surface area contributed by atoms with Crippen LogP contribution in [0.1, 0.15) is 50.3 Å². The van der Waals surface area contributed by atoms with Crippen LogP contribution in [0, 0.1) is 11.7 Å². The molecular weight excluding hydrogens is 260 g/mol. The van der Waals surface area contributed by atoms with E-state index in [1.54, 1.807) is 0 Å². The lowest BCUT2D eigenvalue weighted by Gasteiger charge is -2.17. The molecule has 0 spiro atoms. The fraction of sp³-hybridized carbons (Fsp3) is 0.571. The number of benzene rings is 1. The molecule has 0 aliphatic rings. The molecule has 0 fully saturated rings. The van der Waals surface area contributed by atoms with Crippen LogP contribution in [0.3, 0.4) is 0 Å². The van der Waals surface area contributed by atoms with Crippen LogP contribution in [0.15, 0.2) is 18.2 Å². The van der Waals surface area contributed by atoms with Crippen molar-refractivity contribution in [3.05, 3.63) is 35.1 Å². The topological polar surface area (TPSA) is 20.2 Å². The Balaban J connectivity index is 2.91. The largest absolute Gasteiger partial charge is 0.416 e. The van der Waals surface area contributed by atoms with Crippen molar-refractivity contribution in [3.63, 3.8) is 0 Å². The number of hydrogen-bond donors (Lipinski definition) is 1. The van der Waals surface area contributed by atoms with Gasteiger partial charge in [0.05, 0.1) is 11.7 Å². The predicted molar refractivity (Wildman–Crippen MR) is 65.1 cm³/mol. The number of aliphatic hydroxyl groups excluding tert-OH is 1. The van der Waals surface area contributed by atoms with E-state index in [0.717, 1.165) is 25.0 Å². The first kappa shape index (κ1) is 16.0. The van der Waals surface area contributed by atoms with Crippen LogP contribution in [0.25, 0.3) is 0 Å². The second kappa shape index (κ2) is 6.37. The minimum atomic E-state index is -4.61. The Labute approximate surface area is 110 Å². The van der Waals surface area contributed by atoms with Crippen LogP contribution in [0.4, 0.5) is 17.6 Å². The Kier molecular flexibility index (Phi) is 5.35. The van der Waals surface area contributed by atoms with Gasteiger partial charge in [-0.1, -0.05) is 26.7 Å². The van der Waals surface area contributed by atoms with E-state index in [0.29, 0.717) is 12.5 Å². The molecule has 2 atom stereocenters. The molecule has 1 nitrogen and oxygen atoms in total. The number of rotatable bonds is 5. The highest BCUT2D eigenvalue weighted by atomic mass is 19.4. The average Bonchev–Trinajstić information content (AvgIpc) is 2.27. The van der Waals surface area contributed by atoms with Crippen molar-refractivity contribution in [2.45, 2.75) is 45.4 Å². The van der Waals surface area contributed by atoms with Crippen molar-refractivity contribution in [1.29, 1.82) is 0 Å². The van der Waals surface area contributed by atoms with Crippen molar-refractivity contribution in [3.8, 4) is 0 Å². The van der Waals surface area contributed by atoms with Crippen LogP contribution in [0.5, 0.6) is 0 Å². The van der Waals surface area contributed by atoms with Crippen LogP contribution in [-0.4, -0.2) is 5.11 Å². The smallest absolute Gasteiger partial charge is 0.388 e. The second-order valence-electron chi connectivity index (χ2n) is 4.92. The van der Waals surface area contributed by atoms with Crippen molar-refractivity contribution in [1.82, 2.24) is 0 Å². The number of alkyl halides is 3. The molecule has 0 saturated heterocycles. The van der Waals surface area contributed by atoms with Crippen molar-refractivity contribution in [2.75, 3.05) is 0 Å². The van der Waals surface area contributed by atoms with Crippen LogP contribution >= 0.6 is 0 Å². The summed E-state index contributed by atoms with van der Waals surface area (Å²) in [6.45, 7) is 3.91. The molecule has 0 amide bonds. The van der Waals surface area contributed by atoms with Gasteiger partial charge in [0, 0.05) is 0 Å². The van der Waals surface area contributed by atoms with E-state index in [1.165, 1.54) is 0 Å². The zero-order valence-corrected chi connectivity index (χ0v) is 11.0. The SMILES string of the molecule is CCCC(C)CC(O)c1cc(F)cc(C(F)(F)F)c1. The Hall–Kier alpha value is -1.10. The van der Waals surface area contributed by atoms with Gasteiger partial charge in [0.15, 0.2) is 0 Å². The number of halogens is 4. The fourth-order valence-corrected chi connectivity index (χ4v) is 2.10. The van der Waals surface area contributed by atoms with E-state index in [2.05, 4.69) is 0 Å². The minimum Gasteiger partial charge on any atom is -0.388 e.